The minimum Gasteiger partial charge on any atom is -0.393 e. The number of aromatic nitrogens is 2. The third kappa shape index (κ3) is 2.17. The van der Waals surface area contributed by atoms with E-state index >= 15 is 0 Å². The van der Waals surface area contributed by atoms with Crippen molar-refractivity contribution in [3.8, 4) is 0 Å². The number of aliphatic hydroxyl groups is 1. The van der Waals surface area contributed by atoms with Crippen molar-refractivity contribution < 1.29 is 5.11 Å². The summed E-state index contributed by atoms with van der Waals surface area (Å²) in [7, 11) is 0. The Labute approximate surface area is 128 Å². The van der Waals surface area contributed by atoms with Gasteiger partial charge in [0.25, 0.3) is 0 Å². The predicted octanol–water partition coefficient (Wildman–Crippen LogP) is 2.62. The van der Waals surface area contributed by atoms with E-state index in [1.807, 2.05) is 0 Å². The lowest BCUT2D eigenvalue weighted by atomic mass is 10.00. The number of hydrogen-bond donors (Lipinski definition) is 2. The molecule has 2 bridgehead atoms. The van der Waals surface area contributed by atoms with E-state index in [-0.39, 0.29) is 6.10 Å². The van der Waals surface area contributed by atoms with Crippen LogP contribution < -0.4 is 10.2 Å². The van der Waals surface area contributed by atoms with E-state index < -0.39 is 0 Å². The van der Waals surface area contributed by atoms with E-state index in [1.54, 1.807) is 11.3 Å². The number of aliphatic hydroxyl groups excluding tert-OH is 1. The average Bonchev–Trinajstić information content (AvgIpc) is 3.02. The van der Waals surface area contributed by atoms with Crippen LogP contribution in [0.1, 0.15) is 32.6 Å². The van der Waals surface area contributed by atoms with Gasteiger partial charge in [-0.1, -0.05) is 0 Å². The molecule has 2 aliphatic heterocycles. The highest BCUT2D eigenvalue weighted by atomic mass is 32.1. The van der Waals surface area contributed by atoms with Crippen LogP contribution in [0.15, 0.2) is 11.4 Å². The number of nitrogens with zero attached hydrogens (tertiary/aromatic N) is 3. The molecule has 21 heavy (non-hydrogen) atoms. The molecule has 2 fully saturated rings. The molecule has 2 aromatic heterocycles. The summed E-state index contributed by atoms with van der Waals surface area (Å²) in [5.41, 5.74) is 0. The third-order valence-corrected chi connectivity index (χ3v) is 5.40. The van der Waals surface area contributed by atoms with E-state index in [4.69, 9.17) is 4.98 Å². The van der Waals surface area contributed by atoms with E-state index in [2.05, 4.69) is 33.6 Å². The molecule has 2 saturated heterocycles. The van der Waals surface area contributed by atoms with E-state index in [9.17, 15) is 5.11 Å². The molecule has 2 aliphatic rings. The highest BCUT2D eigenvalue weighted by Gasteiger charge is 2.41. The van der Waals surface area contributed by atoms with Crippen molar-refractivity contribution in [2.45, 2.75) is 50.8 Å². The maximum Gasteiger partial charge on any atom is 0.226 e. The fourth-order valence-electron chi connectivity index (χ4n) is 3.77. The highest BCUT2D eigenvalue weighted by Crippen LogP contribution is 2.41. The van der Waals surface area contributed by atoms with Gasteiger partial charge in [0, 0.05) is 18.6 Å². The second kappa shape index (κ2) is 5.10. The quantitative estimate of drug-likeness (QED) is 0.913. The minimum atomic E-state index is -0.146. The van der Waals surface area contributed by atoms with Gasteiger partial charge in [0.1, 0.15) is 10.6 Å². The Kier molecular flexibility index (Phi) is 3.23. The normalized spacial score (nSPS) is 28.3. The van der Waals surface area contributed by atoms with Crippen LogP contribution in [0.5, 0.6) is 0 Å². The van der Waals surface area contributed by atoms with Crippen molar-refractivity contribution in [1.82, 2.24) is 9.97 Å². The Morgan fingerprint density at radius 2 is 2.10 bits per heavy atom. The van der Waals surface area contributed by atoms with E-state index in [0.29, 0.717) is 18.0 Å². The van der Waals surface area contributed by atoms with Gasteiger partial charge >= 0.3 is 0 Å². The molecule has 112 valence electrons. The zero-order valence-electron chi connectivity index (χ0n) is 12.1. The molecule has 2 atom stereocenters. The maximum absolute atomic E-state index is 10.00. The first-order chi connectivity index (χ1) is 10.3. The number of hydrogen-bond acceptors (Lipinski definition) is 6. The van der Waals surface area contributed by atoms with Crippen molar-refractivity contribution >= 4 is 33.3 Å². The lowest BCUT2D eigenvalue weighted by Gasteiger charge is -2.38. The zero-order chi connectivity index (χ0) is 14.4. The Balaban J connectivity index is 1.80. The van der Waals surface area contributed by atoms with Gasteiger partial charge in [-0.15, -0.1) is 11.3 Å². The smallest absolute Gasteiger partial charge is 0.226 e. The van der Waals surface area contributed by atoms with Gasteiger partial charge in [0.2, 0.25) is 5.95 Å². The number of anilines is 2. The second-order valence-electron chi connectivity index (χ2n) is 5.96. The summed E-state index contributed by atoms with van der Waals surface area (Å²) in [6.07, 6.45) is 3.90. The molecular weight excluding hydrogens is 284 g/mol. The van der Waals surface area contributed by atoms with Crippen molar-refractivity contribution in [1.29, 1.82) is 0 Å². The Hall–Kier alpha value is -1.40. The van der Waals surface area contributed by atoms with Crippen LogP contribution in [-0.2, 0) is 0 Å². The fraction of sp³-hybridized carbons (Fsp3) is 0.600. The average molecular weight is 304 g/mol. The van der Waals surface area contributed by atoms with Crippen LogP contribution in [0, 0.1) is 0 Å². The molecular formula is C15H20N4OS. The summed E-state index contributed by atoms with van der Waals surface area (Å²) in [6.45, 7) is 2.88. The predicted molar refractivity (Wildman–Crippen MR) is 86.1 cm³/mol. The third-order valence-electron chi connectivity index (χ3n) is 4.59. The summed E-state index contributed by atoms with van der Waals surface area (Å²) in [5, 5.41) is 16.5. The number of nitrogens with one attached hydrogen (secondary N) is 1. The van der Waals surface area contributed by atoms with E-state index in [1.165, 1.54) is 0 Å². The molecule has 4 heterocycles. The Morgan fingerprint density at radius 3 is 2.81 bits per heavy atom. The largest absolute Gasteiger partial charge is 0.393 e. The summed E-state index contributed by atoms with van der Waals surface area (Å²) < 4.78 is 0. The number of piperidine rings is 1. The number of fused-ring (bicyclic) bond motifs is 3. The van der Waals surface area contributed by atoms with Crippen molar-refractivity contribution in [3.05, 3.63) is 11.4 Å². The molecule has 4 rings (SSSR count). The van der Waals surface area contributed by atoms with Crippen molar-refractivity contribution in [2.24, 2.45) is 0 Å². The van der Waals surface area contributed by atoms with E-state index in [0.717, 1.165) is 48.3 Å². The molecule has 5 nitrogen and oxygen atoms in total. The van der Waals surface area contributed by atoms with Gasteiger partial charge in [0.15, 0.2) is 0 Å². The zero-order valence-corrected chi connectivity index (χ0v) is 12.9. The molecule has 0 aromatic carbocycles. The van der Waals surface area contributed by atoms with Gasteiger partial charge in [-0.25, -0.2) is 4.98 Å². The minimum absolute atomic E-state index is 0.146. The monoisotopic (exact) mass is 304 g/mol. The lowest BCUT2D eigenvalue weighted by Crippen LogP contribution is -2.45. The molecule has 0 saturated carbocycles. The molecule has 6 heteroatoms. The van der Waals surface area contributed by atoms with Gasteiger partial charge < -0.3 is 15.3 Å². The summed E-state index contributed by atoms with van der Waals surface area (Å²) >= 11 is 1.66. The lowest BCUT2D eigenvalue weighted by molar-refractivity contribution is 0.126. The Bertz CT molecular complexity index is 644. The van der Waals surface area contributed by atoms with Crippen LogP contribution >= 0.6 is 11.3 Å². The first kappa shape index (κ1) is 13.3. The van der Waals surface area contributed by atoms with Crippen LogP contribution in [-0.4, -0.2) is 39.8 Å². The molecule has 0 aliphatic carbocycles. The molecule has 2 N–H and O–H groups in total. The fourth-order valence-corrected chi connectivity index (χ4v) is 4.53. The Morgan fingerprint density at radius 1 is 1.33 bits per heavy atom. The van der Waals surface area contributed by atoms with Crippen LogP contribution in [0.2, 0.25) is 0 Å². The first-order valence-electron chi connectivity index (χ1n) is 7.71. The number of thiophene rings is 1. The first-order valence-corrected chi connectivity index (χ1v) is 8.59. The van der Waals surface area contributed by atoms with Crippen molar-refractivity contribution in [3.63, 3.8) is 0 Å². The standard InChI is InChI=1S/C15H20N4OS/c1-2-16-15-17-13(12-5-6-21-14(12)18-15)19-9-3-4-10(19)8-11(20)7-9/h5-6,9-11,20H,2-4,7-8H2,1H3,(H,16,17,18). The topological polar surface area (TPSA) is 61.3 Å². The molecule has 2 aromatic rings. The van der Waals surface area contributed by atoms with Gasteiger partial charge in [0.05, 0.1) is 11.5 Å². The van der Waals surface area contributed by atoms with Crippen molar-refractivity contribution in [2.75, 3.05) is 16.8 Å². The summed E-state index contributed by atoms with van der Waals surface area (Å²) in [6, 6.07) is 2.97. The number of rotatable bonds is 3. The second-order valence-corrected chi connectivity index (χ2v) is 6.85. The highest BCUT2D eigenvalue weighted by molar-refractivity contribution is 7.16. The molecule has 0 spiro atoms. The summed E-state index contributed by atoms with van der Waals surface area (Å²) in [5.74, 6) is 1.77. The van der Waals surface area contributed by atoms with Gasteiger partial charge in [-0.05, 0) is 44.1 Å². The van der Waals surface area contributed by atoms with Gasteiger partial charge in [-0.2, -0.15) is 4.98 Å². The maximum atomic E-state index is 10.00. The van der Waals surface area contributed by atoms with Crippen LogP contribution in [0.25, 0.3) is 10.2 Å². The van der Waals surface area contributed by atoms with Gasteiger partial charge in [-0.3, -0.25) is 0 Å². The molecule has 2 unspecified atom stereocenters. The molecule has 0 radical (unpaired) electrons. The summed E-state index contributed by atoms with van der Waals surface area (Å²) in [4.78, 5) is 12.9. The van der Waals surface area contributed by atoms with Crippen LogP contribution in [0.3, 0.4) is 0 Å². The molecule has 0 amide bonds. The SMILES string of the molecule is CCNc1nc(N2C3CCC2CC(O)C3)c2ccsc2n1. The van der Waals surface area contributed by atoms with Crippen LogP contribution in [0.4, 0.5) is 11.8 Å².